The Morgan fingerprint density at radius 2 is 2.00 bits per heavy atom. The molecule has 0 amide bonds. The molecule has 2 heterocycles. The summed E-state index contributed by atoms with van der Waals surface area (Å²) < 4.78 is 5.28. The third-order valence-electron chi connectivity index (χ3n) is 2.45. The molecule has 0 atom stereocenters. The third-order valence-corrected chi connectivity index (χ3v) is 2.45. The molecule has 0 spiro atoms. The standard InChI is InChI=1S/C12H16N6O/c1-13-11-15-10(16-12(17-11)18(2)3)9-8(19-4)6-5-7-14-9/h5-7H,1-4H3,(H,13,15,16,17). The molecule has 19 heavy (non-hydrogen) atoms. The van der Waals surface area contributed by atoms with Gasteiger partial charge in [-0.25, -0.2) is 4.98 Å². The molecule has 100 valence electrons. The van der Waals surface area contributed by atoms with E-state index >= 15 is 0 Å². The highest BCUT2D eigenvalue weighted by molar-refractivity contribution is 5.61. The number of hydrogen-bond donors (Lipinski definition) is 1. The monoisotopic (exact) mass is 260 g/mol. The van der Waals surface area contributed by atoms with Crippen molar-refractivity contribution in [2.24, 2.45) is 0 Å². The van der Waals surface area contributed by atoms with Crippen LogP contribution in [0.1, 0.15) is 0 Å². The Hall–Kier alpha value is -2.44. The van der Waals surface area contributed by atoms with Crippen LogP contribution >= 0.6 is 0 Å². The van der Waals surface area contributed by atoms with E-state index < -0.39 is 0 Å². The largest absolute Gasteiger partial charge is 0.494 e. The Balaban J connectivity index is 2.57. The van der Waals surface area contributed by atoms with Gasteiger partial charge in [-0.1, -0.05) is 0 Å². The van der Waals surface area contributed by atoms with Crippen LogP contribution in [0.4, 0.5) is 11.9 Å². The summed E-state index contributed by atoms with van der Waals surface area (Å²) >= 11 is 0. The minimum absolute atomic E-state index is 0.473. The fourth-order valence-electron chi connectivity index (χ4n) is 1.51. The molecule has 2 aromatic heterocycles. The Morgan fingerprint density at radius 3 is 2.63 bits per heavy atom. The molecule has 0 fully saturated rings. The van der Waals surface area contributed by atoms with E-state index in [1.165, 1.54) is 0 Å². The first-order chi connectivity index (χ1) is 9.15. The average molecular weight is 260 g/mol. The van der Waals surface area contributed by atoms with Crippen LogP contribution in [0.5, 0.6) is 5.75 Å². The van der Waals surface area contributed by atoms with Crippen molar-refractivity contribution in [2.45, 2.75) is 0 Å². The van der Waals surface area contributed by atoms with Crippen molar-refractivity contribution in [3.63, 3.8) is 0 Å². The van der Waals surface area contributed by atoms with E-state index in [0.717, 1.165) is 0 Å². The number of rotatable bonds is 4. The Bertz CT molecular complexity index is 572. The molecule has 0 aromatic carbocycles. The number of nitrogens with one attached hydrogen (secondary N) is 1. The highest BCUT2D eigenvalue weighted by Crippen LogP contribution is 2.25. The number of nitrogens with zero attached hydrogens (tertiary/aromatic N) is 5. The van der Waals surface area contributed by atoms with E-state index in [1.54, 1.807) is 31.3 Å². The number of anilines is 2. The maximum absolute atomic E-state index is 5.28. The second-order valence-electron chi connectivity index (χ2n) is 3.98. The molecule has 0 saturated heterocycles. The molecule has 0 saturated carbocycles. The normalized spacial score (nSPS) is 10.1. The van der Waals surface area contributed by atoms with Crippen LogP contribution in [0.15, 0.2) is 18.3 Å². The lowest BCUT2D eigenvalue weighted by Crippen LogP contribution is -2.15. The van der Waals surface area contributed by atoms with Crippen LogP contribution in [0, 0.1) is 0 Å². The van der Waals surface area contributed by atoms with E-state index in [9.17, 15) is 0 Å². The van der Waals surface area contributed by atoms with Gasteiger partial charge in [0.15, 0.2) is 5.82 Å². The lowest BCUT2D eigenvalue weighted by molar-refractivity contribution is 0.414. The summed E-state index contributed by atoms with van der Waals surface area (Å²) in [7, 11) is 7.09. The van der Waals surface area contributed by atoms with Crippen LogP contribution in [0.2, 0.25) is 0 Å². The summed E-state index contributed by atoms with van der Waals surface area (Å²) in [5, 5.41) is 2.91. The molecular formula is C12H16N6O. The van der Waals surface area contributed by atoms with Gasteiger partial charge in [0.2, 0.25) is 11.9 Å². The second kappa shape index (κ2) is 5.47. The van der Waals surface area contributed by atoms with Crippen LogP contribution in [-0.4, -0.2) is 48.2 Å². The molecule has 2 rings (SSSR count). The Labute approximate surface area is 111 Å². The van der Waals surface area contributed by atoms with E-state index in [4.69, 9.17) is 4.74 Å². The zero-order valence-corrected chi connectivity index (χ0v) is 11.4. The summed E-state index contributed by atoms with van der Waals surface area (Å²) in [6.07, 6.45) is 1.68. The molecule has 7 heteroatoms. The number of ether oxygens (including phenoxy) is 1. The van der Waals surface area contributed by atoms with E-state index in [-0.39, 0.29) is 0 Å². The molecule has 0 aliphatic carbocycles. The first-order valence-corrected chi connectivity index (χ1v) is 5.76. The van der Waals surface area contributed by atoms with Crippen molar-refractivity contribution in [3.8, 4) is 17.3 Å². The van der Waals surface area contributed by atoms with Crippen LogP contribution in [-0.2, 0) is 0 Å². The maximum atomic E-state index is 5.28. The van der Waals surface area contributed by atoms with Gasteiger partial charge in [-0.15, -0.1) is 0 Å². The van der Waals surface area contributed by atoms with Gasteiger partial charge in [0.25, 0.3) is 0 Å². The average Bonchev–Trinajstić information content (AvgIpc) is 2.46. The fraction of sp³-hybridized carbons (Fsp3) is 0.333. The van der Waals surface area contributed by atoms with Gasteiger partial charge >= 0.3 is 0 Å². The second-order valence-corrected chi connectivity index (χ2v) is 3.98. The summed E-state index contributed by atoms with van der Waals surface area (Å²) in [5.74, 6) is 2.14. The van der Waals surface area contributed by atoms with Crippen molar-refractivity contribution >= 4 is 11.9 Å². The zero-order chi connectivity index (χ0) is 13.8. The first kappa shape index (κ1) is 13.0. The van der Waals surface area contributed by atoms with Crippen LogP contribution in [0.25, 0.3) is 11.5 Å². The quantitative estimate of drug-likeness (QED) is 0.880. The predicted molar refractivity (Wildman–Crippen MR) is 73.5 cm³/mol. The smallest absolute Gasteiger partial charge is 0.230 e. The lowest BCUT2D eigenvalue weighted by Gasteiger charge is -2.13. The number of hydrogen-bond acceptors (Lipinski definition) is 7. The Kier molecular flexibility index (Phi) is 3.74. The van der Waals surface area contributed by atoms with Gasteiger partial charge in [0.1, 0.15) is 11.4 Å². The van der Waals surface area contributed by atoms with Crippen LogP contribution < -0.4 is 15.0 Å². The Morgan fingerprint density at radius 1 is 1.21 bits per heavy atom. The summed E-state index contributed by atoms with van der Waals surface area (Å²) in [5.41, 5.74) is 0.590. The molecule has 0 bridgehead atoms. The molecule has 1 N–H and O–H groups in total. The lowest BCUT2D eigenvalue weighted by atomic mass is 10.3. The summed E-state index contributed by atoms with van der Waals surface area (Å²) in [4.78, 5) is 19.0. The van der Waals surface area contributed by atoms with Gasteiger partial charge in [-0.05, 0) is 12.1 Å². The van der Waals surface area contributed by atoms with Gasteiger partial charge < -0.3 is 15.0 Å². The molecule has 0 radical (unpaired) electrons. The molecule has 2 aromatic rings. The van der Waals surface area contributed by atoms with Crippen molar-refractivity contribution in [1.82, 2.24) is 19.9 Å². The molecule has 7 nitrogen and oxygen atoms in total. The molecule has 0 unspecified atom stereocenters. The van der Waals surface area contributed by atoms with Crippen molar-refractivity contribution in [2.75, 3.05) is 38.5 Å². The molecular weight excluding hydrogens is 244 g/mol. The number of aromatic nitrogens is 4. The fourth-order valence-corrected chi connectivity index (χ4v) is 1.51. The first-order valence-electron chi connectivity index (χ1n) is 5.76. The predicted octanol–water partition coefficient (Wildman–Crippen LogP) is 1.05. The van der Waals surface area contributed by atoms with Gasteiger partial charge in [-0.2, -0.15) is 15.0 Å². The van der Waals surface area contributed by atoms with E-state index in [1.807, 2.05) is 20.2 Å². The number of methoxy groups -OCH3 is 1. The molecule has 0 aliphatic rings. The van der Waals surface area contributed by atoms with Gasteiger partial charge in [-0.3, -0.25) is 0 Å². The maximum Gasteiger partial charge on any atom is 0.230 e. The summed E-state index contributed by atoms with van der Waals surface area (Å²) in [6, 6.07) is 3.62. The zero-order valence-electron chi connectivity index (χ0n) is 11.4. The SMILES string of the molecule is CNc1nc(-c2ncccc2OC)nc(N(C)C)n1. The highest BCUT2D eigenvalue weighted by atomic mass is 16.5. The van der Waals surface area contributed by atoms with Gasteiger partial charge in [0.05, 0.1) is 7.11 Å². The topological polar surface area (TPSA) is 76.1 Å². The van der Waals surface area contributed by atoms with Crippen molar-refractivity contribution in [3.05, 3.63) is 18.3 Å². The van der Waals surface area contributed by atoms with Crippen molar-refractivity contribution < 1.29 is 4.74 Å². The van der Waals surface area contributed by atoms with Crippen molar-refractivity contribution in [1.29, 1.82) is 0 Å². The summed E-state index contributed by atoms with van der Waals surface area (Å²) in [6.45, 7) is 0. The van der Waals surface area contributed by atoms with Gasteiger partial charge in [0, 0.05) is 27.3 Å². The van der Waals surface area contributed by atoms with E-state index in [0.29, 0.717) is 29.2 Å². The third kappa shape index (κ3) is 2.70. The highest BCUT2D eigenvalue weighted by Gasteiger charge is 2.14. The van der Waals surface area contributed by atoms with Crippen LogP contribution in [0.3, 0.4) is 0 Å². The van der Waals surface area contributed by atoms with E-state index in [2.05, 4.69) is 25.3 Å². The molecule has 0 aliphatic heterocycles. The number of pyridine rings is 1. The minimum atomic E-state index is 0.473. The minimum Gasteiger partial charge on any atom is -0.494 e.